The number of nitrogens with zero attached hydrogens (tertiary/aromatic N) is 14. The minimum atomic E-state index is -0.211. The zero-order chi connectivity index (χ0) is 74.3. The van der Waals surface area contributed by atoms with E-state index in [0.29, 0.717) is 61.4 Å². The summed E-state index contributed by atoms with van der Waals surface area (Å²) in [6.07, 6.45) is 11.9. The van der Waals surface area contributed by atoms with E-state index >= 15 is 0 Å². The number of Topliss-reactive ketones (excluding diaryl/α,β-unsaturated/α-hetero) is 1. The van der Waals surface area contributed by atoms with Crippen LogP contribution in [0.1, 0.15) is 63.7 Å². The third-order valence-electron chi connectivity index (χ3n) is 18.6. The second-order valence-corrected chi connectivity index (χ2v) is 30.0. The Balaban J connectivity index is 0.000000121. The highest BCUT2D eigenvalue weighted by molar-refractivity contribution is 7.19. The third kappa shape index (κ3) is 17.2. The number of primary amides is 1. The first-order valence-electron chi connectivity index (χ1n) is 36.0. The Morgan fingerprint density at radius 2 is 0.926 bits per heavy atom. The van der Waals surface area contributed by atoms with Gasteiger partial charge in [-0.1, -0.05) is 115 Å². The molecule has 25 heteroatoms. The van der Waals surface area contributed by atoms with E-state index in [0.717, 1.165) is 159 Å². The molecule has 14 heterocycles. The number of anilines is 4. The van der Waals surface area contributed by atoms with Gasteiger partial charge in [-0.3, -0.25) is 29.5 Å². The lowest BCUT2D eigenvalue weighted by molar-refractivity contribution is -0.122. The molecule has 0 aliphatic carbocycles. The fourth-order valence-electron chi connectivity index (χ4n) is 13.1. The minimum absolute atomic E-state index is 0.0649. The molecule has 2 aliphatic rings. The summed E-state index contributed by atoms with van der Waals surface area (Å²) in [4.78, 5) is 88.9. The number of aromatic nitrogens is 12. The van der Waals surface area contributed by atoms with Crippen molar-refractivity contribution < 1.29 is 19.8 Å². The first-order valence-corrected chi connectivity index (χ1v) is 39.4. The standard InChI is InChI=1S/C23H21N5OS.C22H18N4OS.C22H22N4OS.C16H18N4OS/c24-20(29)16-9-12-28(13-10-16)22-19-17(15-6-2-1-3-7-15)14-30-23(19)27-21(26-22)18-8-4-5-11-25-18;27-16-9-12-26(13-10-16)21-19-17(15-6-2-1-3-7-15)14-28-22(19)25-20(24-21)18-8-4-5-11-23-18;1-14(11-13-27)24-21-19-18(16-8-4-3-5-9-16)15(2)28-22(19)26-20(25-21)17-10-6-7-12-23-17;1-11(5-4-9-21)18-14-12-7-10-22-16(12)20-15(19-14)13-6-2-3-8-17-13/h1-8,11,14,16H,9-10,12-13H2,(H2,24,29);1-8,11,14H,9-10,12-13H2;3-10,12,14,27H,11,13H2,1-2H3,(H,24,25,26);2-3,6-8,10-11,21H,4-5,9H2,1H3,(H,18,19,20). The average Bonchev–Trinajstić information content (AvgIpc) is 1.57. The van der Waals surface area contributed by atoms with Crippen LogP contribution >= 0.6 is 45.3 Å². The summed E-state index contributed by atoms with van der Waals surface area (Å²) in [5.41, 5.74) is 15.4. The molecule has 2 aliphatic heterocycles. The number of hydrogen-bond donors (Lipinski definition) is 5. The number of amides is 1. The van der Waals surface area contributed by atoms with Gasteiger partial charge in [-0.2, -0.15) is 0 Å². The lowest BCUT2D eigenvalue weighted by Gasteiger charge is -2.32. The van der Waals surface area contributed by atoms with Crippen LogP contribution in [-0.4, -0.2) is 133 Å². The number of aliphatic hydroxyl groups is 2. The molecule has 6 N–H and O–H groups in total. The number of carbonyl (C=O) groups is 2. The van der Waals surface area contributed by atoms with E-state index in [1.165, 1.54) is 4.88 Å². The highest BCUT2D eigenvalue weighted by Crippen LogP contribution is 2.44. The van der Waals surface area contributed by atoms with Crippen molar-refractivity contribution in [3.8, 4) is 79.5 Å². The number of nitrogens with two attached hydrogens (primary N) is 1. The number of benzene rings is 3. The van der Waals surface area contributed by atoms with Gasteiger partial charge in [0, 0.05) is 127 Å². The Morgan fingerprint density at radius 3 is 1.40 bits per heavy atom. The van der Waals surface area contributed by atoms with Crippen LogP contribution in [0.3, 0.4) is 0 Å². The highest BCUT2D eigenvalue weighted by Gasteiger charge is 2.29. The van der Waals surface area contributed by atoms with Gasteiger partial charge in [-0.05, 0) is 130 Å². The number of thiophene rings is 4. The van der Waals surface area contributed by atoms with E-state index in [4.69, 9.17) is 40.7 Å². The molecule has 17 rings (SSSR count). The van der Waals surface area contributed by atoms with Crippen LogP contribution < -0.4 is 26.2 Å². The maximum atomic E-state index is 11.8. The van der Waals surface area contributed by atoms with Gasteiger partial charge >= 0.3 is 0 Å². The van der Waals surface area contributed by atoms with Crippen molar-refractivity contribution in [3.05, 3.63) is 216 Å². The van der Waals surface area contributed by atoms with Gasteiger partial charge < -0.3 is 36.4 Å². The molecule has 0 radical (unpaired) electrons. The normalized spacial score (nSPS) is 13.6. The Hall–Kier alpha value is -11.3. The second kappa shape index (κ2) is 34.9. The van der Waals surface area contributed by atoms with E-state index < -0.39 is 0 Å². The van der Waals surface area contributed by atoms with Gasteiger partial charge in [0.1, 0.15) is 71.2 Å². The third-order valence-corrected chi connectivity index (χ3v) is 22.2. The number of carbonyl (C=O) groups excluding carboxylic acids is 2. The fourth-order valence-corrected chi connectivity index (χ4v) is 16.8. The number of nitrogens with one attached hydrogen (secondary N) is 2. The van der Waals surface area contributed by atoms with Gasteiger partial charge in [0.05, 0.1) is 21.5 Å². The minimum Gasteiger partial charge on any atom is -0.396 e. The van der Waals surface area contributed by atoms with Crippen LogP contribution in [0.15, 0.2) is 211 Å². The number of rotatable bonds is 19. The van der Waals surface area contributed by atoms with Crippen LogP contribution in [0.4, 0.5) is 23.3 Å². The fraction of sp³-hybridized carbons (Fsp3) is 0.229. The van der Waals surface area contributed by atoms with E-state index in [9.17, 15) is 14.7 Å². The highest BCUT2D eigenvalue weighted by atomic mass is 32.1. The molecule has 2 unspecified atom stereocenters. The monoisotopic (exact) mass is 1510 g/mol. The van der Waals surface area contributed by atoms with Crippen LogP contribution in [-0.2, 0) is 9.59 Å². The van der Waals surface area contributed by atoms with Crippen molar-refractivity contribution in [2.45, 2.75) is 77.8 Å². The number of fused-ring (bicyclic) bond motifs is 4. The summed E-state index contributed by atoms with van der Waals surface area (Å²) in [6, 6.07) is 56.3. The number of ketones is 1. The molecule has 12 aromatic heterocycles. The smallest absolute Gasteiger partial charge is 0.220 e. The average molecular weight is 1510 g/mol. The zero-order valence-electron chi connectivity index (χ0n) is 59.8. The lowest BCUT2D eigenvalue weighted by Crippen LogP contribution is -2.39. The maximum absolute atomic E-state index is 11.8. The molecule has 0 saturated carbocycles. The Bertz CT molecular complexity index is 5490. The molecule has 15 aromatic rings. The summed E-state index contributed by atoms with van der Waals surface area (Å²) < 4.78 is 0. The van der Waals surface area contributed by atoms with E-state index in [2.05, 4.69) is 111 Å². The Morgan fingerprint density at radius 1 is 0.491 bits per heavy atom. The van der Waals surface area contributed by atoms with Gasteiger partial charge in [0.2, 0.25) is 5.91 Å². The summed E-state index contributed by atoms with van der Waals surface area (Å²) in [5.74, 6) is 5.95. The predicted octanol–water partition coefficient (Wildman–Crippen LogP) is 16.9. The molecule has 2 fully saturated rings. The molecule has 1 amide bonds. The number of aliphatic hydroxyl groups excluding tert-OH is 2. The number of aryl methyl sites for hydroxylation is 1. The summed E-state index contributed by atoms with van der Waals surface area (Å²) >= 11 is 6.51. The van der Waals surface area contributed by atoms with E-state index in [1.54, 1.807) is 70.1 Å². The van der Waals surface area contributed by atoms with Gasteiger partial charge in [-0.15, -0.1) is 45.3 Å². The summed E-state index contributed by atoms with van der Waals surface area (Å²) in [5, 5.41) is 35.7. The van der Waals surface area contributed by atoms with Crippen molar-refractivity contribution in [1.82, 2.24) is 59.8 Å². The summed E-state index contributed by atoms with van der Waals surface area (Å²) in [6.45, 7) is 9.47. The molecule has 2 atom stereocenters. The van der Waals surface area contributed by atoms with Crippen molar-refractivity contribution in [3.63, 3.8) is 0 Å². The largest absolute Gasteiger partial charge is 0.396 e. The molecular weight excluding hydrogens is 1430 g/mol. The molecule has 21 nitrogen and oxygen atoms in total. The van der Waals surface area contributed by atoms with Crippen LogP contribution in [0.5, 0.6) is 0 Å². The summed E-state index contributed by atoms with van der Waals surface area (Å²) in [7, 11) is 0. The molecule has 0 bridgehead atoms. The van der Waals surface area contributed by atoms with Crippen molar-refractivity contribution in [2.75, 3.05) is 59.8 Å². The Kier molecular flexibility index (Phi) is 23.8. The van der Waals surface area contributed by atoms with Gasteiger partial charge in [-0.25, -0.2) is 39.9 Å². The van der Waals surface area contributed by atoms with E-state index in [-0.39, 0.29) is 37.1 Å². The maximum Gasteiger partial charge on any atom is 0.220 e. The first-order chi connectivity index (χ1) is 52.9. The van der Waals surface area contributed by atoms with Crippen LogP contribution in [0.2, 0.25) is 0 Å². The second-order valence-electron chi connectivity index (χ2n) is 26.2. The lowest BCUT2D eigenvalue weighted by atomic mass is 9.96. The SMILES string of the molecule is CC(CCCO)Nc1nc(-c2ccccn2)nc2sccc12.Cc1sc2nc(-c3ccccn3)nc(NC(C)CCO)c2c1-c1ccccc1.NC(=O)C1CCN(c2nc(-c3ccccn3)nc3scc(-c4ccccc4)c23)CC1.O=C1CCN(c2nc(-c3ccccn3)nc3scc(-c4ccccc4)c23)CC1. The molecule has 0 spiro atoms. The van der Waals surface area contributed by atoms with Crippen LogP contribution in [0.25, 0.3) is 120 Å². The number of piperidine rings is 2. The number of hydrogen-bond acceptors (Lipinski definition) is 24. The van der Waals surface area contributed by atoms with Crippen molar-refractivity contribution in [2.24, 2.45) is 11.7 Å². The van der Waals surface area contributed by atoms with Gasteiger partial charge in [0.15, 0.2) is 23.3 Å². The van der Waals surface area contributed by atoms with Crippen LogP contribution in [0, 0.1) is 12.8 Å². The van der Waals surface area contributed by atoms with Gasteiger partial charge in [0.25, 0.3) is 0 Å². The molecule has 3 aromatic carbocycles. The predicted molar refractivity (Wildman–Crippen MR) is 438 cm³/mol. The van der Waals surface area contributed by atoms with E-state index in [1.807, 2.05) is 146 Å². The van der Waals surface area contributed by atoms with Crippen molar-refractivity contribution in [1.29, 1.82) is 0 Å². The Labute approximate surface area is 640 Å². The quantitative estimate of drug-likeness (QED) is 0.0503. The molecular formula is C83H79N17O4S4. The molecule has 108 heavy (non-hydrogen) atoms. The first kappa shape index (κ1) is 73.6. The number of pyridine rings is 4. The molecule has 2 saturated heterocycles. The zero-order valence-corrected chi connectivity index (χ0v) is 63.1. The molecule has 544 valence electrons. The topological polar surface area (TPSA) is 286 Å². The van der Waals surface area contributed by atoms with Crippen molar-refractivity contribution >= 4 is 121 Å².